The lowest BCUT2D eigenvalue weighted by Gasteiger charge is -2.03. The van der Waals surface area contributed by atoms with Crippen molar-refractivity contribution in [3.63, 3.8) is 0 Å². The average molecular weight is 233 g/mol. The van der Waals surface area contributed by atoms with Crippen LogP contribution in [0.4, 0.5) is 0 Å². The second-order valence-corrected chi connectivity index (χ2v) is 3.43. The fourth-order valence-corrected chi connectivity index (χ4v) is 1.39. The number of pyridine rings is 1. The van der Waals surface area contributed by atoms with Crippen molar-refractivity contribution in [2.24, 2.45) is 0 Å². The number of rotatable bonds is 5. The van der Waals surface area contributed by atoms with E-state index in [1.54, 1.807) is 18.5 Å². The Kier molecular flexibility index (Phi) is 3.52. The highest BCUT2D eigenvalue weighted by molar-refractivity contribution is 5.85. The molecule has 0 radical (unpaired) electrons. The van der Waals surface area contributed by atoms with Gasteiger partial charge in [0.1, 0.15) is 0 Å². The standard InChI is InChI=1S/C12H11NO4/c14-12(15)11-10(3-6-17-11)8-16-7-9-1-4-13-5-2-9/h1-6H,7-8H2,(H,14,15). The molecule has 5 heteroatoms. The van der Waals surface area contributed by atoms with Crippen molar-refractivity contribution < 1.29 is 19.1 Å². The van der Waals surface area contributed by atoms with Crippen LogP contribution in [0.15, 0.2) is 41.3 Å². The van der Waals surface area contributed by atoms with Gasteiger partial charge in [-0.3, -0.25) is 4.98 Å². The van der Waals surface area contributed by atoms with Crippen LogP contribution in [0, 0.1) is 0 Å². The molecule has 2 aromatic rings. The molecular formula is C12H11NO4. The predicted octanol–water partition coefficient (Wildman–Crippen LogP) is 2.09. The number of aromatic nitrogens is 1. The van der Waals surface area contributed by atoms with E-state index >= 15 is 0 Å². The summed E-state index contributed by atoms with van der Waals surface area (Å²) in [6.07, 6.45) is 4.70. The molecule has 0 unspecified atom stereocenters. The molecule has 0 amide bonds. The van der Waals surface area contributed by atoms with Crippen molar-refractivity contribution in [1.82, 2.24) is 4.98 Å². The van der Waals surface area contributed by atoms with Crippen molar-refractivity contribution in [3.8, 4) is 0 Å². The lowest BCUT2D eigenvalue weighted by molar-refractivity contribution is 0.0646. The number of carboxylic acids is 1. The van der Waals surface area contributed by atoms with Crippen molar-refractivity contribution in [3.05, 3.63) is 53.7 Å². The Balaban J connectivity index is 1.90. The summed E-state index contributed by atoms with van der Waals surface area (Å²) in [5, 5.41) is 8.81. The third-order valence-electron chi connectivity index (χ3n) is 2.22. The van der Waals surface area contributed by atoms with Crippen LogP contribution in [0.3, 0.4) is 0 Å². The Labute approximate surface area is 97.7 Å². The van der Waals surface area contributed by atoms with Crippen molar-refractivity contribution >= 4 is 5.97 Å². The van der Waals surface area contributed by atoms with Crippen LogP contribution in [-0.4, -0.2) is 16.1 Å². The first kappa shape index (κ1) is 11.3. The van der Waals surface area contributed by atoms with Gasteiger partial charge in [-0.05, 0) is 23.8 Å². The maximum Gasteiger partial charge on any atom is 0.372 e. The van der Waals surface area contributed by atoms with Crippen LogP contribution in [0.2, 0.25) is 0 Å². The van der Waals surface area contributed by atoms with Crippen LogP contribution < -0.4 is 0 Å². The van der Waals surface area contributed by atoms with Gasteiger partial charge in [-0.25, -0.2) is 4.79 Å². The number of furan rings is 1. The van der Waals surface area contributed by atoms with E-state index in [0.29, 0.717) is 12.2 Å². The summed E-state index contributed by atoms with van der Waals surface area (Å²) in [7, 11) is 0. The van der Waals surface area contributed by atoms with Crippen molar-refractivity contribution in [2.75, 3.05) is 0 Å². The van der Waals surface area contributed by atoms with Gasteiger partial charge in [0.25, 0.3) is 0 Å². The maximum absolute atomic E-state index is 10.8. The molecule has 0 aliphatic rings. The van der Waals surface area contributed by atoms with Crippen LogP contribution in [-0.2, 0) is 18.0 Å². The Morgan fingerprint density at radius 1 is 1.29 bits per heavy atom. The number of carboxylic acid groups (broad SMARTS) is 1. The summed E-state index contributed by atoms with van der Waals surface area (Å²) in [5.41, 5.74) is 1.52. The highest BCUT2D eigenvalue weighted by Gasteiger charge is 2.13. The Morgan fingerprint density at radius 2 is 2.06 bits per heavy atom. The Morgan fingerprint density at radius 3 is 2.76 bits per heavy atom. The first-order chi connectivity index (χ1) is 8.27. The van der Waals surface area contributed by atoms with E-state index in [-0.39, 0.29) is 12.4 Å². The van der Waals surface area contributed by atoms with Gasteiger partial charge in [0.05, 0.1) is 19.5 Å². The topological polar surface area (TPSA) is 72.6 Å². The molecule has 88 valence electrons. The van der Waals surface area contributed by atoms with Crippen LogP contribution in [0.25, 0.3) is 0 Å². The van der Waals surface area contributed by atoms with Gasteiger partial charge in [0.15, 0.2) is 0 Å². The SMILES string of the molecule is O=C(O)c1occc1COCc1ccncc1. The maximum atomic E-state index is 10.8. The second kappa shape index (κ2) is 5.27. The van der Waals surface area contributed by atoms with E-state index in [1.165, 1.54) is 6.26 Å². The molecule has 0 saturated carbocycles. The van der Waals surface area contributed by atoms with E-state index in [1.807, 2.05) is 12.1 Å². The number of ether oxygens (including phenoxy) is 1. The molecular weight excluding hydrogens is 222 g/mol. The number of hydrogen-bond acceptors (Lipinski definition) is 4. The molecule has 0 fully saturated rings. The fourth-order valence-electron chi connectivity index (χ4n) is 1.39. The van der Waals surface area contributed by atoms with Gasteiger partial charge in [-0.15, -0.1) is 0 Å². The lowest BCUT2D eigenvalue weighted by Crippen LogP contribution is -2.01. The van der Waals surface area contributed by atoms with Crippen LogP contribution in [0.5, 0.6) is 0 Å². The highest BCUT2D eigenvalue weighted by atomic mass is 16.5. The van der Waals surface area contributed by atoms with Crippen LogP contribution in [0.1, 0.15) is 21.7 Å². The second-order valence-electron chi connectivity index (χ2n) is 3.43. The van der Waals surface area contributed by atoms with Crippen molar-refractivity contribution in [1.29, 1.82) is 0 Å². The monoisotopic (exact) mass is 233 g/mol. The largest absolute Gasteiger partial charge is 0.475 e. The van der Waals surface area contributed by atoms with Crippen molar-refractivity contribution in [2.45, 2.75) is 13.2 Å². The van der Waals surface area contributed by atoms with Gasteiger partial charge >= 0.3 is 5.97 Å². The van der Waals surface area contributed by atoms with Gasteiger partial charge in [0, 0.05) is 18.0 Å². The van der Waals surface area contributed by atoms with Gasteiger partial charge in [0.2, 0.25) is 5.76 Å². The number of carbonyl (C=O) groups is 1. The van der Waals surface area contributed by atoms with Gasteiger partial charge < -0.3 is 14.3 Å². The zero-order valence-electron chi connectivity index (χ0n) is 9.00. The molecule has 1 N–H and O–H groups in total. The number of nitrogens with zero attached hydrogens (tertiary/aromatic N) is 1. The summed E-state index contributed by atoms with van der Waals surface area (Å²) in [5.74, 6) is -1.16. The quantitative estimate of drug-likeness (QED) is 0.856. The molecule has 5 nitrogen and oxygen atoms in total. The van der Waals surface area contributed by atoms with E-state index in [0.717, 1.165) is 5.56 Å². The molecule has 0 spiro atoms. The molecule has 2 rings (SSSR count). The van der Waals surface area contributed by atoms with E-state index in [2.05, 4.69) is 4.98 Å². The molecule has 0 bridgehead atoms. The molecule has 2 aromatic heterocycles. The van der Waals surface area contributed by atoms with Gasteiger partial charge in [-0.2, -0.15) is 0 Å². The fraction of sp³-hybridized carbons (Fsp3) is 0.167. The third kappa shape index (κ3) is 2.92. The molecule has 2 heterocycles. The Hall–Kier alpha value is -2.14. The number of aromatic carboxylic acids is 1. The molecule has 0 aliphatic heterocycles. The van der Waals surface area contributed by atoms with E-state index in [4.69, 9.17) is 14.3 Å². The predicted molar refractivity (Wildman–Crippen MR) is 58.4 cm³/mol. The summed E-state index contributed by atoms with van der Waals surface area (Å²) >= 11 is 0. The minimum absolute atomic E-state index is 0.0697. The lowest BCUT2D eigenvalue weighted by atomic mass is 10.2. The molecule has 0 saturated heterocycles. The highest BCUT2D eigenvalue weighted by Crippen LogP contribution is 2.12. The zero-order valence-corrected chi connectivity index (χ0v) is 9.00. The third-order valence-corrected chi connectivity index (χ3v) is 2.22. The zero-order chi connectivity index (χ0) is 12.1. The minimum atomic E-state index is -1.09. The molecule has 17 heavy (non-hydrogen) atoms. The summed E-state index contributed by atoms with van der Waals surface area (Å²) in [6.45, 7) is 0.618. The first-order valence-corrected chi connectivity index (χ1v) is 5.03. The van der Waals surface area contributed by atoms with Crippen LogP contribution >= 0.6 is 0 Å². The van der Waals surface area contributed by atoms with E-state index in [9.17, 15) is 4.79 Å². The summed E-state index contributed by atoms with van der Waals surface area (Å²) in [6, 6.07) is 5.27. The Bertz CT molecular complexity index is 492. The first-order valence-electron chi connectivity index (χ1n) is 5.03. The molecule has 0 aliphatic carbocycles. The normalized spacial score (nSPS) is 10.4. The number of hydrogen-bond donors (Lipinski definition) is 1. The van der Waals surface area contributed by atoms with Gasteiger partial charge in [-0.1, -0.05) is 0 Å². The molecule has 0 atom stereocenters. The van der Waals surface area contributed by atoms with E-state index < -0.39 is 5.97 Å². The minimum Gasteiger partial charge on any atom is -0.475 e. The smallest absolute Gasteiger partial charge is 0.372 e. The summed E-state index contributed by atoms with van der Waals surface area (Å²) < 4.78 is 10.2. The average Bonchev–Trinajstić information content (AvgIpc) is 2.79. The molecule has 0 aromatic carbocycles. The summed E-state index contributed by atoms with van der Waals surface area (Å²) in [4.78, 5) is 14.7.